The van der Waals surface area contributed by atoms with E-state index in [1.165, 1.54) is 11.1 Å². The fourth-order valence-corrected chi connectivity index (χ4v) is 4.34. The van der Waals surface area contributed by atoms with Crippen LogP contribution in [0.1, 0.15) is 0 Å². The standard InChI is InChI=1S/C32H23N3/c1-3-9-24(10-4-1)25-15-19-28(20-16-25)35(27-11-5-2-6-12-27)29-21-17-26(18-22-29)32-23-33-30-13-7-8-14-31(30)34-32/h1-23H. The van der Waals surface area contributed by atoms with Crippen LogP contribution in [0.15, 0.2) is 140 Å². The van der Waals surface area contributed by atoms with E-state index in [0.717, 1.165) is 39.4 Å². The van der Waals surface area contributed by atoms with Crippen LogP contribution in [0.5, 0.6) is 0 Å². The highest BCUT2D eigenvalue weighted by molar-refractivity contribution is 5.80. The van der Waals surface area contributed by atoms with Crippen molar-refractivity contribution in [1.82, 2.24) is 9.97 Å². The number of hydrogen-bond donors (Lipinski definition) is 0. The molecule has 0 saturated carbocycles. The average Bonchev–Trinajstić information content (AvgIpc) is 2.95. The van der Waals surface area contributed by atoms with E-state index in [1.54, 1.807) is 0 Å². The molecule has 0 spiro atoms. The van der Waals surface area contributed by atoms with Gasteiger partial charge >= 0.3 is 0 Å². The van der Waals surface area contributed by atoms with E-state index >= 15 is 0 Å². The molecule has 6 rings (SSSR count). The van der Waals surface area contributed by atoms with Gasteiger partial charge in [0.2, 0.25) is 0 Å². The Balaban J connectivity index is 1.36. The summed E-state index contributed by atoms with van der Waals surface area (Å²) < 4.78 is 0. The topological polar surface area (TPSA) is 29.0 Å². The molecule has 0 fully saturated rings. The first kappa shape index (κ1) is 20.8. The molecule has 0 radical (unpaired) electrons. The van der Waals surface area contributed by atoms with Crippen molar-refractivity contribution in [3.63, 3.8) is 0 Å². The van der Waals surface area contributed by atoms with Crippen LogP contribution in [-0.2, 0) is 0 Å². The number of hydrogen-bond acceptors (Lipinski definition) is 3. The summed E-state index contributed by atoms with van der Waals surface area (Å²) in [6.45, 7) is 0. The number of benzene rings is 5. The normalized spacial score (nSPS) is 10.9. The van der Waals surface area contributed by atoms with Crippen LogP contribution in [0, 0.1) is 0 Å². The molecule has 0 atom stereocenters. The molecule has 0 N–H and O–H groups in total. The smallest absolute Gasteiger partial charge is 0.0894 e. The van der Waals surface area contributed by atoms with Gasteiger partial charge < -0.3 is 4.90 Å². The zero-order valence-corrected chi connectivity index (χ0v) is 19.1. The number of rotatable bonds is 5. The van der Waals surface area contributed by atoms with Crippen molar-refractivity contribution < 1.29 is 0 Å². The number of nitrogens with zero attached hydrogens (tertiary/aromatic N) is 3. The number of aromatic nitrogens is 2. The average molecular weight is 450 g/mol. The minimum Gasteiger partial charge on any atom is -0.311 e. The molecule has 0 saturated heterocycles. The Morgan fingerprint density at radius 1 is 0.400 bits per heavy atom. The van der Waals surface area contributed by atoms with Gasteiger partial charge in [0.1, 0.15) is 0 Å². The molecular weight excluding hydrogens is 426 g/mol. The Bertz CT molecular complexity index is 1560. The molecule has 1 aromatic heterocycles. The first-order chi connectivity index (χ1) is 17.3. The predicted molar refractivity (Wildman–Crippen MR) is 145 cm³/mol. The maximum Gasteiger partial charge on any atom is 0.0894 e. The van der Waals surface area contributed by atoms with Gasteiger partial charge in [0.15, 0.2) is 0 Å². The molecular formula is C32H23N3. The molecule has 5 aromatic carbocycles. The SMILES string of the molecule is c1ccc(-c2ccc(N(c3ccccc3)c3ccc(-c4cnc5ccccc5n4)cc3)cc2)cc1. The molecule has 0 aliphatic rings. The fourth-order valence-electron chi connectivity index (χ4n) is 4.34. The maximum atomic E-state index is 4.80. The van der Waals surface area contributed by atoms with E-state index in [9.17, 15) is 0 Å². The van der Waals surface area contributed by atoms with E-state index < -0.39 is 0 Å². The Morgan fingerprint density at radius 3 is 1.54 bits per heavy atom. The molecule has 0 amide bonds. The van der Waals surface area contributed by atoms with Gasteiger partial charge in [0.05, 0.1) is 22.9 Å². The van der Waals surface area contributed by atoms with E-state index in [1.807, 2.05) is 42.6 Å². The molecule has 3 heteroatoms. The van der Waals surface area contributed by atoms with Gasteiger partial charge in [-0.05, 0) is 59.7 Å². The van der Waals surface area contributed by atoms with Gasteiger partial charge in [-0.1, -0.05) is 84.9 Å². The van der Waals surface area contributed by atoms with Crippen molar-refractivity contribution in [1.29, 1.82) is 0 Å². The summed E-state index contributed by atoms with van der Waals surface area (Å²) in [6.07, 6.45) is 1.84. The summed E-state index contributed by atoms with van der Waals surface area (Å²) in [4.78, 5) is 11.6. The van der Waals surface area contributed by atoms with Crippen LogP contribution in [0.4, 0.5) is 17.1 Å². The van der Waals surface area contributed by atoms with E-state index in [2.05, 4.69) is 107 Å². The third-order valence-electron chi connectivity index (χ3n) is 6.12. The van der Waals surface area contributed by atoms with Crippen LogP contribution in [-0.4, -0.2) is 9.97 Å². The van der Waals surface area contributed by atoms with Crippen molar-refractivity contribution >= 4 is 28.1 Å². The Kier molecular flexibility index (Phi) is 5.50. The van der Waals surface area contributed by atoms with Crippen molar-refractivity contribution in [3.8, 4) is 22.4 Å². The minimum absolute atomic E-state index is 0.869. The summed E-state index contributed by atoms with van der Waals surface area (Å²) >= 11 is 0. The lowest BCUT2D eigenvalue weighted by Gasteiger charge is -2.26. The molecule has 6 aromatic rings. The van der Waals surface area contributed by atoms with Crippen LogP contribution in [0.25, 0.3) is 33.4 Å². The zero-order chi connectivity index (χ0) is 23.5. The quantitative estimate of drug-likeness (QED) is 0.264. The molecule has 0 aliphatic heterocycles. The van der Waals surface area contributed by atoms with Crippen LogP contribution >= 0.6 is 0 Å². The monoisotopic (exact) mass is 449 g/mol. The van der Waals surface area contributed by atoms with Crippen molar-refractivity contribution in [2.75, 3.05) is 4.90 Å². The minimum atomic E-state index is 0.869. The molecule has 35 heavy (non-hydrogen) atoms. The summed E-state index contributed by atoms with van der Waals surface area (Å²) in [7, 11) is 0. The maximum absolute atomic E-state index is 4.80. The molecule has 0 bridgehead atoms. The Labute approximate surface area is 205 Å². The number of anilines is 3. The van der Waals surface area contributed by atoms with Crippen LogP contribution < -0.4 is 4.90 Å². The number of fused-ring (bicyclic) bond motifs is 1. The van der Waals surface area contributed by atoms with Crippen LogP contribution in [0.3, 0.4) is 0 Å². The van der Waals surface area contributed by atoms with Gasteiger partial charge in [-0.25, -0.2) is 4.98 Å². The second kappa shape index (κ2) is 9.24. The van der Waals surface area contributed by atoms with Gasteiger partial charge in [-0.3, -0.25) is 4.98 Å². The lowest BCUT2D eigenvalue weighted by atomic mass is 10.0. The summed E-state index contributed by atoms with van der Waals surface area (Å²) in [6, 6.07) is 46.1. The lowest BCUT2D eigenvalue weighted by molar-refractivity contribution is 1.27. The first-order valence-electron chi connectivity index (χ1n) is 11.7. The first-order valence-corrected chi connectivity index (χ1v) is 11.7. The summed E-state index contributed by atoms with van der Waals surface area (Å²) in [5, 5.41) is 0. The molecule has 3 nitrogen and oxygen atoms in total. The largest absolute Gasteiger partial charge is 0.311 e. The van der Waals surface area contributed by atoms with Crippen molar-refractivity contribution in [2.45, 2.75) is 0 Å². The van der Waals surface area contributed by atoms with E-state index in [4.69, 9.17) is 4.98 Å². The van der Waals surface area contributed by atoms with E-state index in [0.29, 0.717) is 0 Å². The molecule has 1 heterocycles. The predicted octanol–water partition coefficient (Wildman–Crippen LogP) is 8.43. The highest BCUT2D eigenvalue weighted by atomic mass is 15.1. The number of para-hydroxylation sites is 3. The lowest BCUT2D eigenvalue weighted by Crippen LogP contribution is -2.09. The molecule has 0 unspecified atom stereocenters. The van der Waals surface area contributed by atoms with Crippen LogP contribution in [0.2, 0.25) is 0 Å². The third kappa shape index (κ3) is 4.28. The zero-order valence-electron chi connectivity index (χ0n) is 19.1. The van der Waals surface area contributed by atoms with Gasteiger partial charge in [0, 0.05) is 22.6 Å². The molecule has 0 aliphatic carbocycles. The second-order valence-corrected chi connectivity index (χ2v) is 8.37. The highest BCUT2D eigenvalue weighted by Crippen LogP contribution is 2.36. The van der Waals surface area contributed by atoms with Crippen molar-refractivity contribution in [2.24, 2.45) is 0 Å². The summed E-state index contributed by atoms with van der Waals surface area (Å²) in [5.74, 6) is 0. The molecule has 166 valence electrons. The van der Waals surface area contributed by atoms with Gasteiger partial charge in [-0.15, -0.1) is 0 Å². The Hall–Kier alpha value is -4.76. The van der Waals surface area contributed by atoms with Gasteiger partial charge in [-0.2, -0.15) is 0 Å². The van der Waals surface area contributed by atoms with Gasteiger partial charge in [0.25, 0.3) is 0 Å². The highest BCUT2D eigenvalue weighted by Gasteiger charge is 2.13. The summed E-state index contributed by atoms with van der Waals surface area (Å²) in [5.41, 5.74) is 9.43. The van der Waals surface area contributed by atoms with Crippen molar-refractivity contribution in [3.05, 3.63) is 140 Å². The third-order valence-corrected chi connectivity index (χ3v) is 6.12. The second-order valence-electron chi connectivity index (χ2n) is 8.37. The van der Waals surface area contributed by atoms with E-state index in [-0.39, 0.29) is 0 Å². The Morgan fingerprint density at radius 2 is 0.886 bits per heavy atom. The fraction of sp³-hybridized carbons (Fsp3) is 0.